The highest BCUT2D eigenvalue weighted by Crippen LogP contribution is 2.40. The molecule has 0 aliphatic rings. The molecule has 2 rings (SSSR count). The van der Waals surface area contributed by atoms with Crippen LogP contribution in [0.5, 0.6) is 5.88 Å². The Labute approximate surface area is 175 Å². The van der Waals surface area contributed by atoms with Crippen LogP contribution in [-0.2, 0) is 29.8 Å². The van der Waals surface area contributed by atoms with Gasteiger partial charge in [-0.3, -0.25) is 4.57 Å². The van der Waals surface area contributed by atoms with E-state index in [0.717, 1.165) is 4.57 Å². The number of alkyl halides is 9. The number of ether oxygens (including phenoxy) is 2. The van der Waals surface area contributed by atoms with Gasteiger partial charge in [-0.1, -0.05) is 0 Å². The predicted octanol–water partition coefficient (Wildman–Crippen LogP) is 5.22. The summed E-state index contributed by atoms with van der Waals surface area (Å²) in [5.41, 5.74) is -6.75. The Morgan fingerprint density at radius 3 is 2.06 bits per heavy atom. The van der Waals surface area contributed by atoms with Crippen LogP contribution in [0.2, 0.25) is 0 Å². The van der Waals surface area contributed by atoms with Gasteiger partial charge in [-0.2, -0.15) is 39.5 Å². The smallest absolute Gasteiger partial charge is 0.433 e. The lowest BCUT2D eigenvalue weighted by Crippen LogP contribution is -2.29. The first-order chi connectivity index (χ1) is 14.7. The number of aromatic nitrogens is 2. The van der Waals surface area contributed by atoms with Gasteiger partial charge in [0.05, 0.1) is 23.4 Å². The molecular weight excluding hydrogens is 461 g/mol. The normalized spacial score (nSPS) is 13.5. The van der Waals surface area contributed by atoms with Crippen LogP contribution in [0.3, 0.4) is 0 Å². The van der Waals surface area contributed by atoms with E-state index < -0.39 is 52.5 Å². The van der Waals surface area contributed by atoms with Crippen molar-refractivity contribution in [1.82, 2.24) is 9.55 Å². The Bertz CT molecular complexity index is 1010. The molecule has 0 radical (unpaired) electrons. The minimum atomic E-state index is -5.27. The maximum Gasteiger partial charge on any atom is 0.433 e. The summed E-state index contributed by atoms with van der Waals surface area (Å²) in [5.74, 6) is -0.411. The largest absolute Gasteiger partial charge is 0.476 e. The summed E-state index contributed by atoms with van der Waals surface area (Å²) in [7, 11) is 1.31. The summed E-state index contributed by atoms with van der Waals surface area (Å²) >= 11 is 0. The van der Waals surface area contributed by atoms with Crippen LogP contribution in [0.4, 0.5) is 45.2 Å². The van der Waals surface area contributed by atoms with Gasteiger partial charge in [0, 0.05) is 19.7 Å². The zero-order valence-electron chi connectivity index (χ0n) is 16.5. The van der Waals surface area contributed by atoms with E-state index in [9.17, 15) is 39.5 Å². The minimum absolute atomic E-state index is 0.00299. The monoisotopic (exact) mass is 477 g/mol. The lowest BCUT2D eigenvalue weighted by atomic mass is 10.1. The molecule has 0 fully saturated rings. The molecule has 0 saturated heterocycles. The molecule has 0 unspecified atom stereocenters. The SMILES string of the molecule is CCn1c(OCCOC)cc(C(F)(F)F)nc1=Nc1ccc(C(F)(F)F)cc1C(F)(F)F. The van der Waals surface area contributed by atoms with Crippen molar-refractivity contribution in [1.29, 1.82) is 0 Å². The van der Waals surface area contributed by atoms with Crippen LogP contribution in [0.15, 0.2) is 29.3 Å². The molecule has 1 aromatic heterocycles. The molecule has 178 valence electrons. The molecule has 1 heterocycles. The zero-order chi connectivity index (χ0) is 24.3. The quantitative estimate of drug-likeness (QED) is 0.424. The number of nitrogens with zero attached hydrogens (tertiary/aromatic N) is 3. The topological polar surface area (TPSA) is 48.6 Å². The lowest BCUT2D eigenvalue weighted by Gasteiger charge is -2.17. The van der Waals surface area contributed by atoms with Crippen LogP contribution >= 0.6 is 0 Å². The first-order valence-corrected chi connectivity index (χ1v) is 8.82. The van der Waals surface area contributed by atoms with Gasteiger partial charge in [0.15, 0.2) is 11.6 Å². The fraction of sp³-hybridized carbons (Fsp3) is 0.444. The summed E-state index contributed by atoms with van der Waals surface area (Å²) in [4.78, 5) is 6.78. The summed E-state index contributed by atoms with van der Waals surface area (Å²) in [6.07, 6.45) is -15.3. The van der Waals surface area contributed by atoms with E-state index in [2.05, 4.69) is 9.98 Å². The van der Waals surface area contributed by atoms with Crippen LogP contribution in [-0.4, -0.2) is 29.9 Å². The van der Waals surface area contributed by atoms with Crippen LogP contribution < -0.4 is 10.4 Å². The molecule has 1 aromatic carbocycles. The highest BCUT2D eigenvalue weighted by molar-refractivity contribution is 5.50. The van der Waals surface area contributed by atoms with E-state index in [4.69, 9.17) is 9.47 Å². The van der Waals surface area contributed by atoms with E-state index in [-0.39, 0.29) is 25.8 Å². The molecule has 0 spiro atoms. The first-order valence-electron chi connectivity index (χ1n) is 8.82. The Morgan fingerprint density at radius 2 is 1.56 bits per heavy atom. The van der Waals surface area contributed by atoms with Crippen molar-refractivity contribution < 1.29 is 49.0 Å². The van der Waals surface area contributed by atoms with Gasteiger partial charge in [0.2, 0.25) is 5.62 Å². The van der Waals surface area contributed by atoms with Crippen molar-refractivity contribution in [3.05, 3.63) is 46.7 Å². The molecule has 0 amide bonds. The van der Waals surface area contributed by atoms with Crippen molar-refractivity contribution in [2.45, 2.75) is 32.0 Å². The molecule has 0 atom stereocenters. The maximum atomic E-state index is 13.4. The Kier molecular flexibility index (Phi) is 7.47. The Balaban J connectivity index is 2.80. The van der Waals surface area contributed by atoms with E-state index in [1.165, 1.54) is 14.0 Å². The molecule has 0 aliphatic carbocycles. The van der Waals surface area contributed by atoms with Crippen molar-refractivity contribution >= 4 is 5.69 Å². The second-order valence-corrected chi connectivity index (χ2v) is 6.20. The van der Waals surface area contributed by atoms with Crippen LogP contribution in [0.25, 0.3) is 0 Å². The Morgan fingerprint density at radius 1 is 0.906 bits per heavy atom. The van der Waals surface area contributed by atoms with E-state index in [0.29, 0.717) is 18.2 Å². The molecule has 0 bridgehead atoms. The molecule has 0 N–H and O–H groups in total. The number of rotatable bonds is 6. The predicted molar refractivity (Wildman–Crippen MR) is 91.9 cm³/mol. The zero-order valence-corrected chi connectivity index (χ0v) is 16.5. The molecule has 14 heteroatoms. The number of hydrogen-bond donors (Lipinski definition) is 0. The Hall–Kier alpha value is -2.77. The molecule has 0 saturated carbocycles. The van der Waals surface area contributed by atoms with Crippen LogP contribution in [0, 0.1) is 0 Å². The van der Waals surface area contributed by atoms with Crippen molar-refractivity contribution in [3.8, 4) is 5.88 Å². The van der Waals surface area contributed by atoms with E-state index >= 15 is 0 Å². The highest BCUT2D eigenvalue weighted by atomic mass is 19.4. The van der Waals surface area contributed by atoms with Gasteiger partial charge >= 0.3 is 18.5 Å². The van der Waals surface area contributed by atoms with Crippen molar-refractivity contribution in [2.24, 2.45) is 4.99 Å². The fourth-order valence-electron chi connectivity index (χ4n) is 2.52. The first kappa shape index (κ1) is 25.5. The highest BCUT2D eigenvalue weighted by Gasteiger charge is 2.38. The van der Waals surface area contributed by atoms with Gasteiger partial charge in [0.25, 0.3) is 0 Å². The van der Waals surface area contributed by atoms with Gasteiger partial charge in [-0.25, -0.2) is 9.98 Å². The van der Waals surface area contributed by atoms with Gasteiger partial charge < -0.3 is 9.47 Å². The summed E-state index contributed by atoms with van der Waals surface area (Å²) in [6, 6.07) is 1.13. The minimum Gasteiger partial charge on any atom is -0.476 e. The summed E-state index contributed by atoms with van der Waals surface area (Å²) in [6.45, 7) is 1.13. The van der Waals surface area contributed by atoms with E-state index in [1.54, 1.807) is 0 Å². The third-order valence-electron chi connectivity index (χ3n) is 3.98. The maximum absolute atomic E-state index is 13.4. The third kappa shape index (κ3) is 6.14. The summed E-state index contributed by atoms with van der Waals surface area (Å²) in [5, 5.41) is 0. The third-order valence-corrected chi connectivity index (χ3v) is 3.98. The molecule has 5 nitrogen and oxygen atoms in total. The second kappa shape index (κ2) is 9.38. The van der Waals surface area contributed by atoms with E-state index in [1.807, 2.05) is 0 Å². The second-order valence-electron chi connectivity index (χ2n) is 6.20. The molecule has 32 heavy (non-hydrogen) atoms. The average Bonchev–Trinajstić information content (AvgIpc) is 2.66. The molecule has 2 aromatic rings. The van der Waals surface area contributed by atoms with Crippen molar-refractivity contribution in [2.75, 3.05) is 20.3 Å². The lowest BCUT2D eigenvalue weighted by molar-refractivity contribution is -0.143. The van der Waals surface area contributed by atoms with Crippen LogP contribution in [0.1, 0.15) is 23.7 Å². The number of methoxy groups -OCH3 is 1. The number of halogens is 9. The fourth-order valence-corrected chi connectivity index (χ4v) is 2.52. The van der Waals surface area contributed by atoms with Gasteiger partial charge in [-0.15, -0.1) is 0 Å². The standard InChI is InChI=1S/C18H16F9N3O2/c1-3-30-14(32-7-6-31-2)9-13(18(25,26)27)29-15(30)28-12-5-4-10(16(19,20)21)8-11(12)17(22,23)24/h4-5,8-9H,3,6-7H2,1-2H3. The summed E-state index contributed by atoms with van der Waals surface area (Å²) < 4.78 is 129. The average molecular weight is 477 g/mol. The molecule has 0 aliphatic heterocycles. The number of benzene rings is 1. The molecular formula is C18H16F9N3O2. The van der Waals surface area contributed by atoms with Gasteiger partial charge in [-0.05, 0) is 25.1 Å². The van der Waals surface area contributed by atoms with Crippen molar-refractivity contribution in [3.63, 3.8) is 0 Å². The van der Waals surface area contributed by atoms with Gasteiger partial charge in [0.1, 0.15) is 6.61 Å². The number of hydrogen-bond acceptors (Lipinski definition) is 4.